The summed E-state index contributed by atoms with van der Waals surface area (Å²) in [5.74, 6) is 0. The molecule has 2 aliphatic rings. The second kappa shape index (κ2) is 3.54. The third kappa shape index (κ3) is 1.12. The Bertz CT molecular complexity index is 301. The van der Waals surface area contributed by atoms with Crippen LogP contribution in [0.3, 0.4) is 0 Å². The number of hydrogen-bond acceptors (Lipinski definition) is 2. The number of nitrogens with zero attached hydrogens (tertiary/aromatic N) is 4. The van der Waals surface area contributed by atoms with Gasteiger partial charge in [-0.3, -0.25) is 0 Å². The topological polar surface area (TPSA) is 47.1 Å². The molecule has 6 heteroatoms. The van der Waals surface area contributed by atoms with Gasteiger partial charge in [0.05, 0.1) is 0 Å². The first-order chi connectivity index (χ1) is 7.54. The zero-order valence-electron chi connectivity index (χ0n) is 10.2. The van der Waals surface area contributed by atoms with Crippen molar-refractivity contribution in [2.45, 2.75) is 26.2 Å². The summed E-state index contributed by atoms with van der Waals surface area (Å²) >= 11 is 0. The van der Waals surface area contributed by atoms with Gasteiger partial charge in [-0.15, -0.1) is 0 Å². The zero-order chi connectivity index (χ0) is 12.0. The van der Waals surface area contributed by atoms with Crippen molar-refractivity contribution in [3.63, 3.8) is 0 Å². The number of carbonyl (C=O) groups is 2. The maximum Gasteiger partial charge on any atom is 0.323 e. The van der Waals surface area contributed by atoms with Gasteiger partial charge < -0.3 is 19.6 Å². The lowest BCUT2D eigenvalue weighted by molar-refractivity contribution is 0.147. The van der Waals surface area contributed by atoms with Gasteiger partial charge in [0.1, 0.15) is 12.3 Å². The van der Waals surface area contributed by atoms with E-state index in [-0.39, 0.29) is 24.4 Å². The van der Waals surface area contributed by atoms with E-state index in [4.69, 9.17) is 0 Å². The van der Waals surface area contributed by atoms with Gasteiger partial charge in [0.15, 0.2) is 0 Å². The molecule has 0 aromatic heterocycles. The lowest BCUT2D eigenvalue weighted by Gasteiger charge is -2.25. The summed E-state index contributed by atoms with van der Waals surface area (Å²) in [6.07, 6.45) is -0.287. The molecular weight excluding hydrogens is 208 g/mol. The number of urea groups is 2. The van der Waals surface area contributed by atoms with E-state index in [1.165, 1.54) is 0 Å². The van der Waals surface area contributed by atoms with Crippen LogP contribution in [0.15, 0.2) is 0 Å². The van der Waals surface area contributed by atoms with Crippen molar-refractivity contribution >= 4 is 12.1 Å². The van der Waals surface area contributed by atoms with E-state index >= 15 is 0 Å². The Labute approximate surface area is 95.4 Å². The number of carbonyl (C=O) groups excluding carboxylic acids is 2. The molecule has 2 aliphatic heterocycles. The minimum atomic E-state index is -0.144. The summed E-state index contributed by atoms with van der Waals surface area (Å²) in [6, 6.07) is -0.00870. The molecule has 2 atom stereocenters. The lowest BCUT2D eigenvalue weighted by atomic mass is 10.3. The third-order valence-corrected chi connectivity index (χ3v) is 3.48. The molecule has 0 bridgehead atoms. The van der Waals surface area contributed by atoms with Crippen molar-refractivity contribution in [3.05, 3.63) is 0 Å². The van der Waals surface area contributed by atoms with Crippen LogP contribution in [0.2, 0.25) is 0 Å². The smallest absolute Gasteiger partial charge is 0.303 e. The standard InChI is InChI=1S/C10H18N4O2/c1-5-13-7-8(12(4)9(13)15)14(6-2)10(16)11(7)3/h7-8H,5-6H2,1-4H3. The normalized spacial score (nSPS) is 29.5. The lowest BCUT2D eigenvalue weighted by Crippen LogP contribution is -2.44. The van der Waals surface area contributed by atoms with E-state index in [0.717, 1.165) is 0 Å². The van der Waals surface area contributed by atoms with Gasteiger partial charge >= 0.3 is 12.1 Å². The summed E-state index contributed by atoms with van der Waals surface area (Å²) in [4.78, 5) is 30.7. The number of likely N-dealkylation sites (N-methyl/N-ethyl adjacent to an activating group) is 4. The fraction of sp³-hybridized carbons (Fsp3) is 0.800. The molecule has 90 valence electrons. The van der Waals surface area contributed by atoms with Crippen molar-refractivity contribution in [1.82, 2.24) is 19.6 Å². The van der Waals surface area contributed by atoms with Crippen molar-refractivity contribution in [3.8, 4) is 0 Å². The van der Waals surface area contributed by atoms with E-state index < -0.39 is 0 Å². The predicted octanol–water partition coefficient (Wildman–Crippen LogP) is 0.413. The Morgan fingerprint density at radius 1 is 0.875 bits per heavy atom. The first-order valence-electron chi connectivity index (χ1n) is 5.61. The van der Waals surface area contributed by atoms with Crippen molar-refractivity contribution in [1.29, 1.82) is 0 Å². The maximum atomic E-state index is 12.0. The highest BCUT2D eigenvalue weighted by Gasteiger charge is 2.55. The van der Waals surface area contributed by atoms with E-state index in [9.17, 15) is 9.59 Å². The zero-order valence-corrected chi connectivity index (χ0v) is 10.2. The average molecular weight is 226 g/mol. The Kier molecular flexibility index (Phi) is 2.44. The Morgan fingerprint density at radius 2 is 1.19 bits per heavy atom. The highest BCUT2D eigenvalue weighted by atomic mass is 16.2. The monoisotopic (exact) mass is 226 g/mol. The average Bonchev–Trinajstić information content (AvgIpc) is 2.66. The fourth-order valence-electron chi connectivity index (χ4n) is 2.64. The second-order valence-corrected chi connectivity index (χ2v) is 4.19. The maximum absolute atomic E-state index is 12.0. The molecule has 0 spiro atoms. The van der Waals surface area contributed by atoms with Crippen LogP contribution in [-0.4, -0.2) is 71.2 Å². The van der Waals surface area contributed by atoms with Crippen LogP contribution < -0.4 is 0 Å². The van der Waals surface area contributed by atoms with Gasteiger partial charge in [-0.2, -0.15) is 0 Å². The molecule has 2 saturated heterocycles. The highest BCUT2D eigenvalue weighted by Crippen LogP contribution is 2.32. The van der Waals surface area contributed by atoms with Crippen LogP contribution >= 0.6 is 0 Å². The molecule has 0 saturated carbocycles. The molecule has 2 heterocycles. The van der Waals surface area contributed by atoms with Gasteiger partial charge in [-0.05, 0) is 13.8 Å². The van der Waals surface area contributed by atoms with E-state index in [1.54, 1.807) is 33.7 Å². The van der Waals surface area contributed by atoms with Gasteiger partial charge in [0, 0.05) is 27.2 Å². The fourth-order valence-corrected chi connectivity index (χ4v) is 2.64. The molecule has 0 aliphatic carbocycles. The molecule has 0 radical (unpaired) electrons. The molecule has 2 fully saturated rings. The van der Waals surface area contributed by atoms with Crippen LogP contribution in [-0.2, 0) is 0 Å². The van der Waals surface area contributed by atoms with Crippen molar-refractivity contribution in [2.75, 3.05) is 27.2 Å². The third-order valence-electron chi connectivity index (χ3n) is 3.48. The van der Waals surface area contributed by atoms with Gasteiger partial charge in [0.25, 0.3) is 0 Å². The van der Waals surface area contributed by atoms with E-state index in [0.29, 0.717) is 13.1 Å². The summed E-state index contributed by atoms with van der Waals surface area (Å²) in [6.45, 7) is 5.11. The number of hydrogen-bond donors (Lipinski definition) is 0. The summed E-state index contributed by atoms with van der Waals surface area (Å²) in [5, 5.41) is 0. The van der Waals surface area contributed by atoms with Crippen LogP contribution in [0.5, 0.6) is 0 Å². The Morgan fingerprint density at radius 3 is 1.44 bits per heavy atom. The van der Waals surface area contributed by atoms with Crippen molar-refractivity contribution in [2.24, 2.45) is 0 Å². The number of rotatable bonds is 2. The van der Waals surface area contributed by atoms with Crippen molar-refractivity contribution < 1.29 is 9.59 Å². The largest absolute Gasteiger partial charge is 0.323 e. The van der Waals surface area contributed by atoms with Gasteiger partial charge in [-0.25, -0.2) is 9.59 Å². The minimum absolute atomic E-state index is 0.00435. The van der Waals surface area contributed by atoms with E-state index in [2.05, 4.69) is 0 Å². The molecule has 0 aromatic carbocycles. The molecule has 16 heavy (non-hydrogen) atoms. The molecular formula is C10H18N4O2. The molecule has 2 rings (SSSR count). The van der Waals surface area contributed by atoms with Crippen LogP contribution in [0.1, 0.15) is 13.8 Å². The Hall–Kier alpha value is -1.46. The molecule has 6 nitrogen and oxygen atoms in total. The highest BCUT2D eigenvalue weighted by molar-refractivity contribution is 5.84. The molecule has 2 unspecified atom stereocenters. The Balaban J connectivity index is 2.37. The second-order valence-electron chi connectivity index (χ2n) is 4.19. The van der Waals surface area contributed by atoms with Gasteiger partial charge in [-0.1, -0.05) is 0 Å². The summed E-state index contributed by atoms with van der Waals surface area (Å²) in [7, 11) is 3.51. The minimum Gasteiger partial charge on any atom is -0.303 e. The quantitative estimate of drug-likeness (QED) is 0.685. The SMILES string of the molecule is CCN1C(=O)N(C)C2C1N(C)C(=O)N2CC. The predicted molar refractivity (Wildman–Crippen MR) is 58.7 cm³/mol. The van der Waals surface area contributed by atoms with Crippen LogP contribution in [0.4, 0.5) is 9.59 Å². The van der Waals surface area contributed by atoms with E-state index in [1.807, 2.05) is 13.8 Å². The molecule has 4 amide bonds. The van der Waals surface area contributed by atoms with Gasteiger partial charge in [0.2, 0.25) is 0 Å². The molecule has 0 N–H and O–H groups in total. The first kappa shape index (κ1) is 11.0. The van der Waals surface area contributed by atoms with Crippen LogP contribution in [0, 0.1) is 0 Å². The summed E-state index contributed by atoms with van der Waals surface area (Å²) in [5.41, 5.74) is 0. The van der Waals surface area contributed by atoms with Crippen LogP contribution in [0.25, 0.3) is 0 Å². The number of fused-ring (bicyclic) bond motifs is 1. The first-order valence-corrected chi connectivity index (χ1v) is 5.61. The molecule has 0 aromatic rings. The summed E-state index contributed by atoms with van der Waals surface area (Å²) < 4.78 is 0. The number of amides is 4.